The Morgan fingerprint density at radius 1 is 1.41 bits per heavy atom. The molecule has 0 aromatic rings. The van der Waals surface area contributed by atoms with Crippen molar-refractivity contribution in [1.82, 2.24) is 15.1 Å². The average Bonchev–Trinajstić information content (AvgIpc) is 2.38. The van der Waals surface area contributed by atoms with Gasteiger partial charge in [0.25, 0.3) is 0 Å². The summed E-state index contributed by atoms with van der Waals surface area (Å²) in [6.45, 7) is 5.54. The van der Waals surface area contributed by atoms with E-state index in [0.717, 1.165) is 26.1 Å². The number of nitrogens with zero attached hydrogens (tertiary/aromatic N) is 2. The Labute approximate surface area is 102 Å². The van der Waals surface area contributed by atoms with Crippen LogP contribution >= 0.6 is 0 Å². The molecule has 2 amide bonds. The molecular formula is C12H21N3O2. The fourth-order valence-electron chi connectivity index (χ4n) is 2.33. The number of rotatable bonds is 2. The number of likely N-dealkylation sites (N-methyl/N-ethyl adjacent to an activating group) is 1. The maximum Gasteiger partial charge on any atom is 0.241 e. The average molecular weight is 239 g/mol. The highest BCUT2D eigenvalue weighted by Crippen LogP contribution is 2.19. The van der Waals surface area contributed by atoms with Crippen LogP contribution < -0.4 is 5.32 Å². The largest absolute Gasteiger partial charge is 0.344 e. The standard InChI is InChI=1S/C12H21N3O2/c1-9(10-6-13-7-10)12(17)15-5-3-4-14(2)11(16)8-15/h9-10,13H,3-8H2,1-2H3. The van der Waals surface area contributed by atoms with Crippen molar-refractivity contribution in [1.29, 1.82) is 0 Å². The third-order valence-corrected chi connectivity index (χ3v) is 3.89. The van der Waals surface area contributed by atoms with Crippen molar-refractivity contribution >= 4 is 11.8 Å². The van der Waals surface area contributed by atoms with Gasteiger partial charge in [0.1, 0.15) is 0 Å². The molecule has 0 aliphatic carbocycles. The van der Waals surface area contributed by atoms with Gasteiger partial charge in [0.2, 0.25) is 11.8 Å². The van der Waals surface area contributed by atoms with Crippen LogP contribution in [0.25, 0.3) is 0 Å². The maximum absolute atomic E-state index is 12.3. The smallest absolute Gasteiger partial charge is 0.241 e. The van der Waals surface area contributed by atoms with Gasteiger partial charge in [-0.05, 0) is 25.4 Å². The molecule has 0 aromatic heterocycles. The van der Waals surface area contributed by atoms with Gasteiger partial charge in [-0.25, -0.2) is 0 Å². The first-order valence-electron chi connectivity index (χ1n) is 6.33. The molecule has 1 unspecified atom stereocenters. The fraction of sp³-hybridized carbons (Fsp3) is 0.833. The summed E-state index contributed by atoms with van der Waals surface area (Å²) >= 11 is 0. The molecule has 96 valence electrons. The zero-order valence-electron chi connectivity index (χ0n) is 10.6. The van der Waals surface area contributed by atoms with Gasteiger partial charge in [0, 0.05) is 26.1 Å². The Kier molecular flexibility index (Phi) is 3.66. The predicted molar refractivity (Wildman–Crippen MR) is 64.4 cm³/mol. The zero-order chi connectivity index (χ0) is 12.4. The van der Waals surface area contributed by atoms with Crippen LogP contribution in [0.1, 0.15) is 13.3 Å². The zero-order valence-corrected chi connectivity index (χ0v) is 10.6. The summed E-state index contributed by atoms with van der Waals surface area (Å²) in [5.74, 6) is 0.668. The van der Waals surface area contributed by atoms with E-state index in [1.807, 2.05) is 6.92 Å². The Bertz CT molecular complexity index is 315. The minimum atomic E-state index is 0.0347. The molecule has 2 rings (SSSR count). The van der Waals surface area contributed by atoms with Crippen LogP contribution in [0.5, 0.6) is 0 Å². The van der Waals surface area contributed by atoms with Crippen molar-refractivity contribution in [3.8, 4) is 0 Å². The van der Waals surface area contributed by atoms with E-state index in [2.05, 4.69) is 5.32 Å². The second-order valence-corrected chi connectivity index (χ2v) is 5.14. The van der Waals surface area contributed by atoms with Gasteiger partial charge < -0.3 is 15.1 Å². The lowest BCUT2D eigenvalue weighted by Gasteiger charge is -2.34. The van der Waals surface area contributed by atoms with Gasteiger partial charge in [0.05, 0.1) is 6.54 Å². The van der Waals surface area contributed by atoms with E-state index in [1.165, 1.54) is 0 Å². The molecule has 0 bridgehead atoms. The van der Waals surface area contributed by atoms with Gasteiger partial charge in [-0.15, -0.1) is 0 Å². The molecule has 2 aliphatic rings. The normalized spacial score (nSPS) is 24.2. The Hall–Kier alpha value is -1.10. The topological polar surface area (TPSA) is 52.7 Å². The van der Waals surface area contributed by atoms with Crippen molar-refractivity contribution in [2.24, 2.45) is 11.8 Å². The van der Waals surface area contributed by atoms with Crippen LogP contribution in [0.2, 0.25) is 0 Å². The lowest BCUT2D eigenvalue weighted by atomic mass is 9.88. The molecule has 1 atom stereocenters. The van der Waals surface area contributed by atoms with Crippen molar-refractivity contribution in [2.45, 2.75) is 13.3 Å². The number of nitrogens with one attached hydrogen (secondary N) is 1. The van der Waals surface area contributed by atoms with E-state index in [4.69, 9.17) is 0 Å². The van der Waals surface area contributed by atoms with E-state index in [1.54, 1.807) is 16.8 Å². The van der Waals surface area contributed by atoms with Gasteiger partial charge >= 0.3 is 0 Å². The molecule has 2 aliphatic heterocycles. The van der Waals surface area contributed by atoms with Gasteiger partial charge in [-0.1, -0.05) is 6.92 Å². The number of carbonyl (C=O) groups is 2. The van der Waals surface area contributed by atoms with E-state index in [9.17, 15) is 9.59 Å². The Balaban J connectivity index is 1.95. The molecule has 2 fully saturated rings. The molecule has 17 heavy (non-hydrogen) atoms. The molecule has 0 spiro atoms. The first kappa shape index (κ1) is 12.4. The molecule has 0 radical (unpaired) electrons. The predicted octanol–water partition coefficient (Wildman–Crippen LogP) is -0.467. The van der Waals surface area contributed by atoms with Gasteiger partial charge in [0.15, 0.2) is 0 Å². The second kappa shape index (κ2) is 5.04. The fourth-order valence-corrected chi connectivity index (χ4v) is 2.33. The van der Waals surface area contributed by atoms with E-state index < -0.39 is 0 Å². The molecule has 0 aromatic carbocycles. The van der Waals surface area contributed by atoms with Crippen LogP contribution in [-0.2, 0) is 9.59 Å². The quantitative estimate of drug-likeness (QED) is 0.709. The van der Waals surface area contributed by atoms with Crippen LogP contribution in [0.4, 0.5) is 0 Å². The highest BCUT2D eigenvalue weighted by atomic mass is 16.2. The lowest BCUT2D eigenvalue weighted by molar-refractivity contribution is -0.142. The highest BCUT2D eigenvalue weighted by molar-refractivity contribution is 5.86. The number of hydrogen-bond acceptors (Lipinski definition) is 3. The molecule has 2 heterocycles. The first-order chi connectivity index (χ1) is 8.09. The summed E-state index contributed by atoms with van der Waals surface area (Å²) in [4.78, 5) is 27.4. The minimum absolute atomic E-state index is 0.0347. The summed E-state index contributed by atoms with van der Waals surface area (Å²) in [6, 6.07) is 0. The van der Waals surface area contributed by atoms with Crippen molar-refractivity contribution < 1.29 is 9.59 Å². The number of amides is 2. The Morgan fingerprint density at radius 2 is 2.12 bits per heavy atom. The molecule has 1 N–H and O–H groups in total. The van der Waals surface area contributed by atoms with Gasteiger partial charge in [-0.2, -0.15) is 0 Å². The second-order valence-electron chi connectivity index (χ2n) is 5.14. The van der Waals surface area contributed by atoms with Gasteiger partial charge in [-0.3, -0.25) is 9.59 Å². The molecule has 0 saturated carbocycles. The summed E-state index contributed by atoms with van der Waals surface area (Å²) < 4.78 is 0. The third kappa shape index (κ3) is 2.60. The lowest BCUT2D eigenvalue weighted by Crippen LogP contribution is -2.51. The van der Waals surface area contributed by atoms with Crippen LogP contribution in [0.15, 0.2) is 0 Å². The molecule has 5 heteroatoms. The highest BCUT2D eigenvalue weighted by Gasteiger charge is 2.33. The maximum atomic E-state index is 12.3. The monoisotopic (exact) mass is 239 g/mol. The number of hydrogen-bond donors (Lipinski definition) is 1. The van der Waals surface area contributed by atoms with Crippen LogP contribution in [0, 0.1) is 11.8 Å². The van der Waals surface area contributed by atoms with Crippen molar-refractivity contribution in [3.63, 3.8) is 0 Å². The number of carbonyl (C=O) groups excluding carboxylic acids is 2. The molecular weight excluding hydrogens is 218 g/mol. The van der Waals surface area contributed by atoms with Crippen LogP contribution in [0.3, 0.4) is 0 Å². The summed E-state index contributed by atoms with van der Waals surface area (Å²) in [7, 11) is 1.80. The SMILES string of the molecule is CC(C(=O)N1CCCN(C)C(=O)C1)C1CNC1. The van der Waals surface area contributed by atoms with E-state index in [0.29, 0.717) is 12.5 Å². The first-order valence-corrected chi connectivity index (χ1v) is 6.33. The molecule has 5 nitrogen and oxygen atoms in total. The summed E-state index contributed by atoms with van der Waals surface area (Å²) in [5, 5.41) is 3.18. The van der Waals surface area contributed by atoms with Crippen LogP contribution in [-0.4, -0.2) is 61.4 Å². The Morgan fingerprint density at radius 3 is 2.71 bits per heavy atom. The minimum Gasteiger partial charge on any atom is -0.344 e. The van der Waals surface area contributed by atoms with Crippen molar-refractivity contribution in [3.05, 3.63) is 0 Å². The third-order valence-electron chi connectivity index (χ3n) is 3.89. The summed E-state index contributed by atoms with van der Waals surface area (Å²) in [6.07, 6.45) is 0.879. The van der Waals surface area contributed by atoms with Crippen molar-refractivity contribution in [2.75, 3.05) is 39.8 Å². The van der Waals surface area contributed by atoms with E-state index >= 15 is 0 Å². The molecule has 2 saturated heterocycles. The summed E-state index contributed by atoms with van der Waals surface area (Å²) in [5.41, 5.74) is 0. The van der Waals surface area contributed by atoms with E-state index in [-0.39, 0.29) is 24.3 Å².